The summed E-state index contributed by atoms with van der Waals surface area (Å²) in [5.41, 5.74) is 4.14. The van der Waals surface area contributed by atoms with Gasteiger partial charge in [-0.2, -0.15) is 0 Å². The Hall–Kier alpha value is -1.68. The molecule has 0 aliphatic heterocycles. The molecule has 0 fully saturated rings. The number of hydrogen-bond acceptors (Lipinski definition) is 2. The number of halogens is 1. The minimum atomic E-state index is -0.0445. The molecular formula is C15H15BrN2O. The molecule has 1 N–H and O–H groups in total. The van der Waals surface area contributed by atoms with Crippen molar-refractivity contribution in [1.82, 2.24) is 4.98 Å². The first kappa shape index (κ1) is 13.7. The Labute approximate surface area is 121 Å². The minimum absolute atomic E-state index is 0.0445. The van der Waals surface area contributed by atoms with Crippen LogP contribution in [0.15, 0.2) is 41.1 Å². The van der Waals surface area contributed by atoms with Gasteiger partial charge in [-0.25, -0.2) is 4.98 Å². The monoisotopic (exact) mass is 318 g/mol. The standard InChI is InChI=1S/C15H15BrN2O/c1-10-5-6-12(8-11(10)2)9-14(19)18-13-4-3-7-17-15(13)16/h3-8H,9H2,1-2H3,(H,18,19). The zero-order valence-corrected chi connectivity index (χ0v) is 12.5. The highest BCUT2D eigenvalue weighted by atomic mass is 79.9. The first-order valence-corrected chi connectivity index (χ1v) is 6.82. The Balaban J connectivity index is 2.05. The molecule has 1 aromatic heterocycles. The maximum Gasteiger partial charge on any atom is 0.228 e. The van der Waals surface area contributed by atoms with Crippen LogP contribution in [0.3, 0.4) is 0 Å². The molecule has 0 aliphatic carbocycles. The third-order valence-electron chi connectivity index (χ3n) is 2.97. The van der Waals surface area contributed by atoms with Crippen molar-refractivity contribution in [2.24, 2.45) is 0 Å². The van der Waals surface area contributed by atoms with Crippen LogP contribution < -0.4 is 5.32 Å². The zero-order chi connectivity index (χ0) is 13.8. The van der Waals surface area contributed by atoms with Gasteiger partial charge in [-0.15, -0.1) is 0 Å². The number of nitrogens with one attached hydrogen (secondary N) is 1. The van der Waals surface area contributed by atoms with Crippen LogP contribution in [0.4, 0.5) is 5.69 Å². The lowest BCUT2D eigenvalue weighted by molar-refractivity contribution is -0.115. The van der Waals surface area contributed by atoms with Crippen LogP contribution >= 0.6 is 15.9 Å². The maximum absolute atomic E-state index is 12.0. The smallest absolute Gasteiger partial charge is 0.228 e. The molecule has 0 aliphatic rings. The summed E-state index contributed by atoms with van der Waals surface area (Å²) in [5.74, 6) is -0.0445. The zero-order valence-electron chi connectivity index (χ0n) is 10.9. The van der Waals surface area contributed by atoms with Gasteiger partial charge in [-0.05, 0) is 58.6 Å². The fourth-order valence-electron chi connectivity index (χ4n) is 1.77. The second-order valence-corrected chi connectivity index (χ2v) is 5.24. The fourth-order valence-corrected chi connectivity index (χ4v) is 2.12. The summed E-state index contributed by atoms with van der Waals surface area (Å²) in [6, 6.07) is 9.68. The number of anilines is 1. The summed E-state index contributed by atoms with van der Waals surface area (Å²) >= 11 is 3.31. The molecule has 19 heavy (non-hydrogen) atoms. The number of rotatable bonds is 3. The van der Waals surface area contributed by atoms with E-state index in [4.69, 9.17) is 0 Å². The number of carbonyl (C=O) groups is 1. The van der Waals surface area contributed by atoms with Gasteiger partial charge in [0.15, 0.2) is 0 Å². The second kappa shape index (κ2) is 5.97. The molecule has 4 heteroatoms. The lowest BCUT2D eigenvalue weighted by Crippen LogP contribution is -2.15. The van der Waals surface area contributed by atoms with E-state index in [2.05, 4.69) is 40.1 Å². The highest BCUT2D eigenvalue weighted by Crippen LogP contribution is 2.18. The van der Waals surface area contributed by atoms with E-state index in [1.54, 1.807) is 12.3 Å². The second-order valence-electron chi connectivity index (χ2n) is 4.49. The number of carbonyl (C=O) groups excluding carboxylic acids is 1. The van der Waals surface area contributed by atoms with Gasteiger partial charge in [0.2, 0.25) is 5.91 Å². The highest BCUT2D eigenvalue weighted by Gasteiger charge is 2.07. The molecule has 0 saturated carbocycles. The Morgan fingerprint density at radius 3 is 2.74 bits per heavy atom. The van der Waals surface area contributed by atoms with Crippen LogP contribution in [0.5, 0.6) is 0 Å². The summed E-state index contributed by atoms with van der Waals surface area (Å²) < 4.78 is 0.642. The van der Waals surface area contributed by atoms with Gasteiger partial charge in [0.05, 0.1) is 12.1 Å². The number of hydrogen-bond donors (Lipinski definition) is 1. The van der Waals surface area contributed by atoms with Crippen molar-refractivity contribution in [1.29, 1.82) is 0 Å². The van der Waals surface area contributed by atoms with Gasteiger partial charge in [-0.3, -0.25) is 4.79 Å². The van der Waals surface area contributed by atoms with Crippen molar-refractivity contribution >= 4 is 27.5 Å². The summed E-state index contributed by atoms with van der Waals surface area (Å²) in [6.45, 7) is 4.11. The van der Waals surface area contributed by atoms with Crippen LogP contribution in [-0.2, 0) is 11.2 Å². The highest BCUT2D eigenvalue weighted by molar-refractivity contribution is 9.10. The lowest BCUT2D eigenvalue weighted by Gasteiger charge is -2.08. The summed E-state index contributed by atoms with van der Waals surface area (Å²) in [6.07, 6.45) is 2.03. The van der Waals surface area contributed by atoms with Crippen molar-refractivity contribution in [2.45, 2.75) is 20.3 Å². The topological polar surface area (TPSA) is 42.0 Å². The summed E-state index contributed by atoms with van der Waals surface area (Å²) in [4.78, 5) is 16.0. The number of benzene rings is 1. The van der Waals surface area contributed by atoms with E-state index in [-0.39, 0.29) is 5.91 Å². The SMILES string of the molecule is Cc1ccc(CC(=O)Nc2cccnc2Br)cc1C. The maximum atomic E-state index is 12.0. The van der Waals surface area contributed by atoms with E-state index in [9.17, 15) is 4.79 Å². The predicted molar refractivity (Wildman–Crippen MR) is 80.2 cm³/mol. The largest absolute Gasteiger partial charge is 0.323 e. The summed E-state index contributed by atoms with van der Waals surface area (Å²) in [7, 11) is 0. The van der Waals surface area contributed by atoms with Gasteiger partial charge in [0.1, 0.15) is 4.60 Å². The molecular weight excluding hydrogens is 304 g/mol. The van der Waals surface area contributed by atoms with E-state index in [0.29, 0.717) is 16.7 Å². The number of aromatic nitrogens is 1. The van der Waals surface area contributed by atoms with Crippen LogP contribution in [0, 0.1) is 13.8 Å². The minimum Gasteiger partial charge on any atom is -0.323 e. The molecule has 0 radical (unpaired) electrons. The molecule has 0 bridgehead atoms. The number of pyridine rings is 1. The molecule has 98 valence electrons. The van der Waals surface area contributed by atoms with E-state index in [1.165, 1.54) is 11.1 Å². The molecule has 1 aromatic carbocycles. The van der Waals surface area contributed by atoms with E-state index < -0.39 is 0 Å². The number of amides is 1. The van der Waals surface area contributed by atoms with E-state index >= 15 is 0 Å². The van der Waals surface area contributed by atoms with Gasteiger partial charge < -0.3 is 5.32 Å². The Morgan fingerprint density at radius 2 is 2.05 bits per heavy atom. The van der Waals surface area contributed by atoms with Crippen LogP contribution in [0.2, 0.25) is 0 Å². The Morgan fingerprint density at radius 1 is 1.26 bits per heavy atom. The molecule has 1 heterocycles. The summed E-state index contributed by atoms with van der Waals surface area (Å²) in [5, 5.41) is 2.84. The molecule has 2 rings (SSSR count). The quantitative estimate of drug-likeness (QED) is 0.878. The lowest BCUT2D eigenvalue weighted by atomic mass is 10.0. The molecule has 3 nitrogen and oxygen atoms in total. The third kappa shape index (κ3) is 3.64. The molecule has 0 spiro atoms. The van der Waals surface area contributed by atoms with Crippen molar-refractivity contribution in [3.63, 3.8) is 0 Å². The molecule has 0 saturated heterocycles. The molecule has 0 unspecified atom stereocenters. The van der Waals surface area contributed by atoms with Crippen LogP contribution in [0.1, 0.15) is 16.7 Å². The first-order valence-electron chi connectivity index (χ1n) is 6.03. The Kier molecular flexibility index (Phi) is 4.32. The van der Waals surface area contributed by atoms with Gasteiger partial charge in [0.25, 0.3) is 0 Å². The number of nitrogens with zero attached hydrogens (tertiary/aromatic N) is 1. The van der Waals surface area contributed by atoms with E-state index in [0.717, 1.165) is 5.56 Å². The normalized spacial score (nSPS) is 10.3. The average Bonchev–Trinajstić information content (AvgIpc) is 2.37. The van der Waals surface area contributed by atoms with Crippen molar-refractivity contribution in [3.8, 4) is 0 Å². The molecule has 2 aromatic rings. The Bertz CT molecular complexity index is 611. The van der Waals surface area contributed by atoms with Crippen LogP contribution in [-0.4, -0.2) is 10.9 Å². The van der Waals surface area contributed by atoms with E-state index in [1.807, 2.05) is 24.3 Å². The first-order chi connectivity index (χ1) is 9.06. The number of aryl methyl sites for hydroxylation is 2. The van der Waals surface area contributed by atoms with Crippen molar-refractivity contribution in [2.75, 3.05) is 5.32 Å². The average molecular weight is 319 g/mol. The fraction of sp³-hybridized carbons (Fsp3) is 0.200. The third-order valence-corrected chi connectivity index (χ3v) is 3.60. The van der Waals surface area contributed by atoms with Crippen LogP contribution in [0.25, 0.3) is 0 Å². The van der Waals surface area contributed by atoms with Gasteiger partial charge >= 0.3 is 0 Å². The predicted octanol–water partition coefficient (Wildman–Crippen LogP) is 3.64. The van der Waals surface area contributed by atoms with Gasteiger partial charge in [0, 0.05) is 6.20 Å². The molecule has 0 atom stereocenters. The van der Waals surface area contributed by atoms with Crippen molar-refractivity contribution in [3.05, 3.63) is 57.8 Å². The van der Waals surface area contributed by atoms with Crippen molar-refractivity contribution < 1.29 is 4.79 Å². The van der Waals surface area contributed by atoms with Gasteiger partial charge in [-0.1, -0.05) is 18.2 Å². The molecule has 1 amide bonds.